The molecule has 158 valence electrons. The number of nitrogens with zero attached hydrogens (tertiary/aromatic N) is 3. The molecule has 2 aromatic carbocycles. The molecule has 1 amide bonds. The van der Waals surface area contributed by atoms with E-state index in [4.69, 9.17) is 9.97 Å². The van der Waals surface area contributed by atoms with Crippen molar-refractivity contribution in [1.29, 1.82) is 0 Å². The molecule has 0 aliphatic heterocycles. The van der Waals surface area contributed by atoms with Crippen LogP contribution in [0.5, 0.6) is 0 Å². The van der Waals surface area contributed by atoms with Gasteiger partial charge in [-0.15, -0.1) is 11.3 Å². The highest BCUT2D eigenvalue weighted by molar-refractivity contribution is 7.17. The summed E-state index contributed by atoms with van der Waals surface area (Å²) in [4.78, 5) is 24.6. The van der Waals surface area contributed by atoms with Crippen molar-refractivity contribution in [3.05, 3.63) is 76.9 Å². The lowest BCUT2D eigenvalue weighted by Crippen LogP contribution is -2.18. The zero-order valence-corrected chi connectivity index (χ0v) is 18.7. The van der Waals surface area contributed by atoms with Gasteiger partial charge in [-0.05, 0) is 37.4 Å². The fourth-order valence-electron chi connectivity index (χ4n) is 3.45. The Bertz CT molecular complexity index is 1200. The largest absolute Gasteiger partial charge is 0.365 e. The molecule has 0 atom stereocenters. The van der Waals surface area contributed by atoms with E-state index < -0.39 is 0 Å². The number of carbonyl (C=O) groups is 1. The van der Waals surface area contributed by atoms with Crippen molar-refractivity contribution in [2.24, 2.45) is 0 Å². The monoisotopic (exact) mass is 431 g/mol. The summed E-state index contributed by atoms with van der Waals surface area (Å²) in [5, 5.41) is 9.35. The minimum Gasteiger partial charge on any atom is -0.365 e. The second kappa shape index (κ2) is 9.24. The molecule has 2 aromatic heterocycles. The first kappa shape index (κ1) is 21.0. The Morgan fingerprint density at radius 2 is 1.87 bits per heavy atom. The number of rotatable bonds is 7. The average molecular weight is 432 g/mol. The third-order valence-corrected chi connectivity index (χ3v) is 5.77. The molecule has 0 spiro atoms. The molecule has 2 heterocycles. The predicted octanol–water partition coefficient (Wildman–Crippen LogP) is 4.39. The van der Waals surface area contributed by atoms with Gasteiger partial charge >= 0.3 is 0 Å². The maximum absolute atomic E-state index is 12.0. The highest BCUT2D eigenvalue weighted by Gasteiger charge is 2.16. The summed E-state index contributed by atoms with van der Waals surface area (Å²) in [7, 11) is 5.66. The molecule has 31 heavy (non-hydrogen) atoms. The van der Waals surface area contributed by atoms with Crippen LogP contribution in [0.1, 0.15) is 21.7 Å². The fourth-order valence-corrected chi connectivity index (χ4v) is 4.42. The summed E-state index contributed by atoms with van der Waals surface area (Å²) < 4.78 is 0. The molecule has 0 saturated carbocycles. The topological polar surface area (TPSA) is 70.2 Å². The van der Waals surface area contributed by atoms with Crippen LogP contribution in [0.15, 0.2) is 60.0 Å². The number of fused-ring (bicyclic) bond motifs is 1. The molecule has 4 aromatic rings. The van der Waals surface area contributed by atoms with E-state index in [2.05, 4.69) is 33.0 Å². The van der Waals surface area contributed by atoms with Crippen molar-refractivity contribution in [1.82, 2.24) is 20.2 Å². The normalized spacial score (nSPS) is 11.1. The smallest absolute Gasteiger partial charge is 0.251 e. The molecule has 0 aliphatic rings. The number of hydrogen-bond donors (Lipinski definition) is 2. The second-order valence-corrected chi connectivity index (χ2v) is 8.41. The van der Waals surface area contributed by atoms with Gasteiger partial charge in [-0.1, -0.05) is 42.5 Å². The summed E-state index contributed by atoms with van der Waals surface area (Å²) in [5.74, 6) is 1.50. The van der Waals surface area contributed by atoms with Gasteiger partial charge in [0.15, 0.2) is 0 Å². The number of hydrogen-bond acceptors (Lipinski definition) is 6. The molecule has 0 unspecified atom stereocenters. The minimum absolute atomic E-state index is 0.0938. The number of thiophene rings is 1. The first-order valence-electron chi connectivity index (χ1n) is 10.1. The molecule has 0 aliphatic carbocycles. The van der Waals surface area contributed by atoms with Gasteiger partial charge < -0.3 is 15.5 Å². The lowest BCUT2D eigenvalue weighted by atomic mass is 10.1. The van der Waals surface area contributed by atoms with Crippen molar-refractivity contribution >= 4 is 33.3 Å². The van der Waals surface area contributed by atoms with Crippen LogP contribution in [0, 0.1) is 0 Å². The molecule has 0 saturated heterocycles. The lowest BCUT2D eigenvalue weighted by molar-refractivity contribution is 0.0963. The van der Waals surface area contributed by atoms with Crippen LogP contribution in [-0.4, -0.2) is 41.9 Å². The van der Waals surface area contributed by atoms with E-state index >= 15 is 0 Å². The Morgan fingerprint density at radius 3 is 2.61 bits per heavy atom. The fraction of sp³-hybridized carbons (Fsp3) is 0.208. The van der Waals surface area contributed by atoms with Gasteiger partial charge in [0.25, 0.3) is 5.91 Å². The summed E-state index contributed by atoms with van der Waals surface area (Å²) in [6.07, 6.45) is 0. The summed E-state index contributed by atoms with van der Waals surface area (Å²) in [6.45, 7) is 1.22. The molecule has 2 N–H and O–H groups in total. The molecular formula is C24H25N5OS. The van der Waals surface area contributed by atoms with Gasteiger partial charge in [-0.2, -0.15) is 0 Å². The molecule has 0 radical (unpaired) electrons. The highest BCUT2D eigenvalue weighted by Crippen LogP contribution is 2.37. The predicted molar refractivity (Wildman–Crippen MR) is 127 cm³/mol. The average Bonchev–Trinajstić information content (AvgIpc) is 3.21. The van der Waals surface area contributed by atoms with E-state index in [1.807, 2.05) is 56.6 Å². The molecule has 0 bridgehead atoms. The van der Waals surface area contributed by atoms with Crippen LogP contribution < -0.4 is 10.6 Å². The van der Waals surface area contributed by atoms with Crippen LogP contribution in [0.25, 0.3) is 21.3 Å². The lowest BCUT2D eigenvalue weighted by Gasteiger charge is -2.13. The van der Waals surface area contributed by atoms with Crippen molar-refractivity contribution in [2.75, 3.05) is 26.5 Å². The third-order valence-electron chi connectivity index (χ3n) is 4.90. The SMILES string of the molecule is CNC(=O)c1cccc(CNc2nc(CN(C)C)nc3scc(-c4ccccc4)c23)c1. The van der Waals surface area contributed by atoms with E-state index in [1.54, 1.807) is 18.4 Å². The summed E-state index contributed by atoms with van der Waals surface area (Å²) >= 11 is 1.63. The summed E-state index contributed by atoms with van der Waals surface area (Å²) in [6, 6.07) is 17.9. The minimum atomic E-state index is -0.0938. The first-order chi connectivity index (χ1) is 15.0. The summed E-state index contributed by atoms with van der Waals surface area (Å²) in [5.41, 5.74) is 3.92. The van der Waals surface area contributed by atoms with Crippen LogP contribution in [0.4, 0.5) is 5.82 Å². The standard InChI is InChI=1S/C24H25N5OS/c1-25-23(30)18-11-7-8-16(12-18)13-26-22-21-19(17-9-5-4-6-10-17)15-31-24(21)28-20(27-22)14-29(2)3/h4-12,15H,13-14H2,1-3H3,(H,25,30)(H,26,27,28). The van der Waals surface area contributed by atoms with Crippen LogP contribution in [0.3, 0.4) is 0 Å². The number of anilines is 1. The quantitative estimate of drug-likeness (QED) is 0.454. The van der Waals surface area contributed by atoms with Gasteiger partial charge in [0, 0.05) is 30.1 Å². The van der Waals surface area contributed by atoms with Crippen LogP contribution in [-0.2, 0) is 13.1 Å². The van der Waals surface area contributed by atoms with E-state index in [0.717, 1.165) is 38.5 Å². The van der Waals surface area contributed by atoms with E-state index in [1.165, 1.54) is 0 Å². The van der Waals surface area contributed by atoms with E-state index in [0.29, 0.717) is 18.7 Å². The molecule has 0 fully saturated rings. The molecule has 7 heteroatoms. The molecule has 6 nitrogen and oxygen atoms in total. The van der Waals surface area contributed by atoms with Crippen molar-refractivity contribution in [3.63, 3.8) is 0 Å². The first-order valence-corrected chi connectivity index (χ1v) is 11.0. The third kappa shape index (κ3) is 4.73. The van der Waals surface area contributed by atoms with E-state index in [9.17, 15) is 4.79 Å². The number of nitrogens with one attached hydrogen (secondary N) is 2. The highest BCUT2D eigenvalue weighted by atomic mass is 32.1. The van der Waals surface area contributed by atoms with Gasteiger partial charge in [0.1, 0.15) is 16.5 Å². The van der Waals surface area contributed by atoms with Crippen molar-refractivity contribution < 1.29 is 4.79 Å². The van der Waals surface area contributed by atoms with Gasteiger partial charge in [-0.25, -0.2) is 9.97 Å². The Morgan fingerprint density at radius 1 is 1.06 bits per heavy atom. The number of aromatic nitrogens is 2. The van der Waals surface area contributed by atoms with Crippen molar-refractivity contribution in [3.8, 4) is 11.1 Å². The van der Waals surface area contributed by atoms with Crippen LogP contribution >= 0.6 is 11.3 Å². The Labute approximate surface area is 186 Å². The maximum Gasteiger partial charge on any atom is 0.251 e. The van der Waals surface area contributed by atoms with Gasteiger partial charge in [0.2, 0.25) is 0 Å². The second-order valence-electron chi connectivity index (χ2n) is 7.55. The number of amides is 1. The zero-order chi connectivity index (χ0) is 21.8. The van der Waals surface area contributed by atoms with Gasteiger partial charge in [-0.3, -0.25) is 4.79 Å². The van der Waals surface area contributed by atoms with Crippen molar-refractivity contribution in [2.45, 2.75) is 13.1 Å². The van der Waals surface area contributed by atoms with E-state index in [-0.39, 0.29) is 5.91 Å². The number of carbonyl (C=O) groups excluding carboxylic acids is 1. The van der Waals surface area contributed by atoms with Gasteiger partial charge in [0.05, 0.1) is 11.9 Å². The zero-order valence-electron chi connectivity index (χ0n) is 17.8. The Kier molecular flexibility index (Phi) is 6.25. The number of benzene rings is 2. The maximum atomic E-state index is 12.0. The molecular weight excluding hydrogens is 406 g/mol. The Hall–Kier alpha value is -3.29. The molecule has 4 rings (SSSR count). The van der Waals surface area contributed by atoms with Crippen LogP contribution in [0.2, 0.25) is 0 Å². The Balaban J connectivity index is 1.72.